The lowest BCUT2D eigenvalue weighted by atomic mass is 10.0. The van der Waals surface area contributed by atoms with Crippen molar-refractivity contribution in [3.63, 3.8) is 0 Å². The van der Waals surface area contributed by atoms with Crippen LogP contribution in [0.2, 0.25) is 0 Å². The van der Waals surface area contributed by atoms with Gasteiger partial charge in [-0.05, 0) is 6.42 Å². The van der Waals surface area contributed by atoms with Gasteiger partial charge in [-0.25, -0.2) is 0 Å². The maximum absolute atomic E-state index is 10.5. The Balaban J connectivity index is 2.10. The van der Waals surface area contributed by atoms with Gasteiger partial charge in [-0.2, -0.15) is 0 Å². The van der Waals surface area contributed by atoms with Crippen LogP contribution in [0.15, 0.2) is 0 Å². The maximum atomic E-state index is 10.5. The molecule has 0 aromatic rings. The Morgan fingerprint density at radius 3 is 2.58 bits per heavy atom. The second kappa shape index (κ2) is 3.90. The van der Waals surface area contributed by atoms with Gasteiger partial charge in [0, 0.05) is 0 Å². The summed E-state index contributed by atoms with van der Waals surface area (Å²) in [6.07, 6.45) is 4.98. The van der Waals surface area contributed by atoms with Crippen LogP contribution in [0.1, 0.15) is 39.0 Å². The van der Waals surface area contributed by atoms with E-state index in [-0.39, 0.29) is 0 Å². The number of unbranched alkanes of at least 4 members (excludes halogenated alkanes) is 3. The molecule has 1 aliphatic heterocycles. The van der Waals surface area contributed by atoms with Gasteiger partial charge >= 0.3 is 0 Å². The highest BCUT2D eigenvalue weighted by molar-refractivity contribution is 5.78. The molecule has 0 bridgehead atoms. The average Bonchev–Trinajstić information content (AvgIpc) is 2.79. The van der Waals surface area contributed by atoms with Gasteiger partial charge < -0.3 is 14.6 Å². The lowest BCUT2D eigenvalue weighted by Gasteiger charge is -2.11. The average molecular weight is 171 g/mol. The Morgan fingerprint density at radius 1 is 1.50 bits per heavy atom. The number of rotatable bonds is 6. The van der Waals surface area contributed by atoms with Crippen molar-refractivity contribution in [1.29, 1.82) is 0 Å². The van der Waals surface area contributed by atoms with Crippen molar-refractivity contribution >= 4 is 5.97 Å². The van der Waals surface area contributed by atoms with Gasteiger partial charge in [0.25, 0.3) is 0 Å². The molecule has 0 N–H and O–H groups in total. The van der Waals surface area contributed by atoms with E-state index in [9.17, 15) is 9.90 Å². The van der Waals surface area contributed by atoms with E-state index in [1.54, 1.807) is 0 Å². The summed E-state index contributed by atoms with van der Waals surface area (Å²) in [5, 5.41) is 10.5. The molecule has 1 unspecified atom stereocenters. The first-order chi connectivity index (χ1) is 5.71. The summed E-state index contributed by atoms with van der Waals surface area (Å²) in [4.78, 5) is 10.5. The Morgan fingerprint density at radius 2 is 2.17 bits per heavy atom. The van der Waals surface area contributed by atoms with E-state index in [2.05, 4.69) is 6.92 Å². The fourth-order valence-electron chi connectivity index (χ4n) is 1.29. The highest BCUT2D eigenvalue weighted by Crippen LogP contribution is 2.32. The molecule has 70 valence electrons. The number of aliphatic carboxylic acids is 1. The topological polar surface area (TPSA) is 52.7 Å². The standard InChI is InChI=1S/C9H16O3/c1-2-3-4-5-6-9(7-12-9)8(10)11/h2-7H2,1H3,(H,10,11)/p-1. The van der Waals surface area contributed by atoms with Crippen molar-refractivity contribution in [3.05, 3.63) is 0 Å². The molecule has 1 atom stereocenters. The molecule has 0 amide bonds. The lowest BCUT2D eigenvalue weighted by Crippen LogP contribution is -2.38. The zero-order valence-corrected chi connectivity index (χ0v) is 7.47. The normalized spacial score (nSPS) is 27.1. The van der Waals surface area contributed by atoms with Crippen molar-refractivity contribution in [3.8, 4) is 0 Å². The molecule has 1 saturated heterocycles. The molecule has 12 heavy (non-hydrogen) atoms. The Hall–Kier alpha value is -0.570. The van der Waals surface area contributed by atoms with Crippen LogP contribution in [0.5, 0.6) is 0 Å². The molecule has 3 heteroatoms. The predicted molar refractivity (Wildman–Crippen MR) is 42.4 cm³/mol. The third kappa shape index (κ3) is 2.21. The second-order valence-corrected chi connectivity index (χ2v) is 3.38. The van der Waals surface area contributed by atoms with Gasteiger partial charge in [0.05, 0.1) is 12.6 Å². The van der Waals surface area contributed by atoms with E-state index in [1.807, 2.05) is 0 Å². The monoisotopic (exact) mass is 171 g/mol. The molecule has 3 nitrogen and oxygen atoms in total. The summed E-state index contributed by atoms with van der Waals surface area (Å²) in [5.41, 5.74) is -0.895. The Bertz CT molecular complexity index is 161. The Labute approximate surface area is 72.7 Å². The molecule has 1 aliphatic rings. The maximum Gasteiger partial charge on any atom is 0.131 e. The van der Waals surface area contributed by atoms with Gasteiger partial charge in [0.15, 0.2) is 0 Å². The second-order valence-electron chi connectivity index (χ2n) is 3.38. The zero-order valence-electron chi connectivity index (χ0n) is 7.47. The van der Waals surface area contributed by atoms with Gasteiger partial charge in [0.2, 0.25) is 0 Å². The predicted octanol–water partition coefficient (Wildman–Crippen LogP) is 0.476. The minimum atomic E-state index is -1.04. The number of ether oxygens (including phenoxy) is 1. The molecule has 1 fully saturated rings. The molecule has 0 radical (unpaired) electrons. The van der Waals surface area contributed by atoms with Crippen molar-refractivity contribution < 1.29 is 14.6 Å². The first kappa shape index (κ1) is 9.52. The van der Waals surface area contributed by atoms with Crippen LogP contribution in [-0.2, 0) is 9.53 Å². The van der Waals surface area contributed by atoms with Gasteiger partial charge in [-0.15, -0.1) is 0 Å². The van der Waals surface area contributed by atoms with Crippen LogP contribution in [0, 0.1) is 0 Å². The van der Waals surface area contributed by atoms with Crippen molar-refractivity contribution in [2.75, 3.05) is 6.61 Å². The fraction of sp³-hybridized carbons (Fsp3) is 0.889. The number of carboxylic acids is 1. The molecule has 1 heterocycles. The summed E-state index contributed by atoms with van der Waals surface area (Å²) in [6.45, 7) is 2.48. The van der Waals surface area contributed by atoms with Crippen LogP contribution in [-0.4, -0.2) is 18.2 Å². The Kier molecular flexibility index (Phi) is 3.09. The SMILES string of the molecule is CCCCCCC1(C(=O)[O-])CO1. The lowest BCUT2D eigenvalue weighted by molar-refractivity contribution is -0.312. The number of hydrogen-bond acceptors (Lipinski definition) is 3. The third-order valence-corrected chi connectivity index (χ3v) is 2.30. The minimum absolute atomic E-state index is 0.349. The summed E-state index contributed by atoms with van der Waals surface area (Å²) in [7, 11) is 0. The largest absolute Gasteiger partial charge is 0.547 e. The molecule has 1 rings (SSSR count). The number of epoxide rings is 1. The van der Waals surface area contributed by atoms with Gasteiger partial charge in [-0.1, -0.05) is 32.6 Å². The highest BCUT2D eigenvalue weighted by atomic mass is 16.6. The first-order valence-corrected chi connectivity index (χ1v) is 4.57. The van der Waals surface area contributed by atoms with E-state index in [4.69, 9.17) is 4.74 Å². The molecule has 0 spiro atoms. The number of carboxylic acid groups (broad SMARTS) is 1. The van der Waals surface area contributed by atoms with Gasteiger partial charge in [-0.3, -0.25) is 0 Å². The summed E-state index contributed by atoms with van der Waals surface area (Å²) >= 11 is 0. The molecule has 0 aromatic carbocycles. The molecule has 0 saturated carbocycles. The van der Waals surface area contributed by atoms with Crippen molar-refractivity contribution in [2.24, 2.45) is 0 Å². The van der Waals surface area contributed by atoms with E-state index in [0.717, 1.165) is 12.8 Å². The summed E-state index contributed by atoms with van der Waals surface area (Å²) in [5.74, 6) is -1.04. The minimum Gasteiger partial charge on any atom is -0.547 e. The fourth-order valence-corrected chi connectivity index (χ4v) is 1.29. The first-order valence-electron chi connectivity index (χ1n) is 4.57. The molecular weight excluding hydrogens is 156 g/mol. The van der Waals surface area contributed by atoms with E-state index in [0.29, 0.717) is 13.0 Å². The molecule has 0 aliphatic carbocycles. The van der Waals surface area contributed by atoms with Crippen molar-refractivity contribution in [2.45, 2.75) is 44.6 Å². The molecule has 0 aromatic heterocycles. The quantitative estimate of drug-likeness (QED) is 0.431. The zero-order chi connectivity index (χ0) is 9.03. The van der Waals surface area contributed by atoms with Crippen LogP contribution in [0.25, 0.3) is 0 Å². The number of carbonyl (C=O) groups is 1. The van der Waals surface area contributed by atoms with Crippen LogP contribution in [0.3, 0.4) is 0 Å². The van der Waals surface area contributed by atoms with Crippen molar-refractivity contribution in [1.82, 2.24) is 0 Å². The summed E-state index contributed by atoms with van der Waals surface area (Å²) < 4.78 is 4.88. The van der Waals surface area contributed by atoms with Gasteiger partial charge in [0.1, 0.15) is 5.60 Å². The smallest absolute Gasteiger partial charge is 0.131 e. The third-order valence-electron chi connectivity index (χ3n) is 2.30. The summed E-state index contributed by atoms with van der Waals surface area (Å²) in [6, 6.07) is 0. The van der Waals surface area contributed by atoms with E-state index >= 15 is 0 Å². The number of hydrogen-bond donors (Lipinski definition) is 0. The van der Waals surface area contributed by atoms with E-state index in [1.165, 1.54) is 12.8 Å². The highest BCUT2D eigenvalue weighted by Gasteiger charge is 2.45. The van der Waals surface area contributed by atoms with Crippen LogP contribution >= 0.6 is 0 Å². The van der Waals surface area contributed by atoms with E-state index < -0.39 is 11.6 Å². The van der Waals surface area contributed by atoms with Crippen LogP contribution in [0.4, 0.5) is 0 Å². The molecular formula is C9H15O3-. The van der Waals surface area contributed by atoms with Crippen LogP contribution < -0.4 is 5.11 Å². The number of carbonyl (C=O) groups excluding carboxylic acids is 1.